The van der Waals surface area contributed by atoms with Gasteiger partial charge in [0.05, 0.1) is 5.60 Å². The van der Waals surface area contributed by atoms with Crippen molar-refractivity contribution in [1.82, 2.24) is 5.32 Å². The molecule has 1 aromatic carbocycles. The van der Waals surface area contributed by atoms with Gasteiger partial charge in [-0.3, -0.25) is 0 Å². The van der Waals surface area contributed by atoms with Gasteiger partial charge in [-0.05, 0) is 17.7 Å². The van der Waals surface area contributed by atoms with Crippen LogP contribution in [0.1, 0.15) is 5.56 Å². The van der Waals surface area contributed by atoms with Gasteiger partial charge in [0.2, 0.25) is 0 Å². The Hall–Kier alpha value is -1.06. The van der Waals surface area contributed by atoms with E-state index < -0.39 is 5.60 Å². The Kier molecular flexibility index (Phi) is 2.67. The highest BCUT2D eigenvalue weighted by molar-refractivity contribution is 5.47. The maximum atomic E-state index is 10.0. The van der Waals surface area contributed by atoms with E-state index in [9.17, 15) is 5.11 Å². The molecule has 0 aliphatic carbocycles. The van der Waals surface area contributed by atoms with E-state index in [4.69, 9.17) is 0 Å². The molecule has 1 aromatic rings. The fraction of sp³-hybridized carbons (Fsp3) is 0.500. The summed E-state index contributed by atoms with van der Waals surface area (Å²) in [6, 6.07) is 8.33. The number of benzene rings is 1. The van der Waals surface area contributed by atoms with Crippen LogP contribution in [0.4, 0.5) is 5.69 Å². The van der Waals surface area contributed by atoms with Gasteiger partial charge in [0.25, 0.3) is 0 Å². The second-order valence-electron chi connectivity index (χ2n) is 4.57. The zero-order valence-electron chi connectivity index (χ0n) is 9.33. The molecule has 3 heteroatoms. The zero-order chi connectivity index (χ0) is 10.9. The fourth-order valence-electron chi connectivity index (χ4n) is 1.86. The minimum Gasteiger partial charge on any atom is -0.387 e. The first-order valence-electron chi connectivity index (χ1n) is 5.28. The third-order valence-corrected chi connectivity index (χ3v) is 2.87. The molecule has 3 nitrogen and oxygen atoms in total. The smallest absolute Gasteiger partial charge is 0.0935 e. The first-order chi connectivity index (χ1) is 7.09. The van der Waals surface area contributed by atoms with E-state index in [0.717, 1.165) is 6.42 Å². The molecule has 0 aromatic heterocycles. The fourth-order valence-corrected chi connectivity index (χ4v) is 1.86. The van der Waals surface area contributed by atoms with E-state index in [0.29, 0.717) is 13.1 Å². The van der Waals surface area contributed by atoms with Crippen molar-refractivity contribution in [1.29, 1.82) is 0 Å². The van der Waals surface area contributed by atoms with E-state index in [1.165, 1.54) is 11.3 Å². The summed E-state index contributed by atoms with van der Waals surface area (Å²) in [5.41, 5.74) is 1.86. The normalized spacial score (nSPS) is 18.3. The van der Waals surface area contributed by atoms with E-state index in [2.05, 4.69) is 28.4 Å². The molecule has 0 unspecified atom stereocenters. The molecule has 0 bridgehead atoms. The highest BCUT2D eigenvalue weighted by Gasteiger charge is 2.34. The molecule has 0 saturated carbocycles. The van der Waals surface area contributed by atoms with Crippen LogP contribution in [0, 0.1) is 0 Å². The Morgan fingerprint density at radius 3 is 2.67 bits per heavy atom. The largest absolute Gasteiger partial charge is 0.387 e. The number of hydrogen-bond acceptors (Lipinski definition) is 3. The van der Waals surface area contributed by atoms with Crippen LogP contribution < -0.4 is 10.2 Å². The van der Waals surface area contributed by atoms with Crippen LogP contribution in [-0.2, 0) is 6.42 Å². The summed E-state index contributed by atoms with van der Waals surface area (Å²) in [4.78, 5) is 2.08. The highest BCUT2D eigenvalue weighted by Crippen LogP contribution is 2.20. The molecule has 1 heterocycles. The Balaban J connectivity index is 2.11. The van der Waals surface area contributed by atoms with Crippen molar-refractivity contribution in [3.05, 3.63) is 29.8 Å². The van der Waals surface area contributed by atoms with Crippen LogP contribution in [0.15, 0.2) is 24.3 Å². The van der Waals surface area contributed by atoms with Crippen LogP contribution >= 0.6 is 0 Å². The van der Waals surface area contributed by atoms with Gasteiger partial charge in [-0.2, -0.15) is 0 Å². The van der Waals surface area contributed by atoms with Gasteiger partial charge in [-0.1, -0.05) is 12.1 Å². The van der Waals surface area contributed by atoms with E-state index >= 15 is 0 Å². The van der Waals surface area contributed by atoms with Crippen molar-refractivity contribution < 1.29 is 5.11 Å². The second kappa shape index (κ2) is 3.83. The van der Waals surface area contributed by atoms with E-state index in [-0.39, 0.29) is 0 Å². The quantitative estimate of drug-likeness (QED) is 0.761. The van der Waals surface area contributed by atoms with Crippen molar-refractivity contribution >= 4 is 5.69 Å². The highest BCUT2D eigenvalue weighted by atomic mass is 16.3. The molecule has 1 saturated heterocycles. The lowest BCUT2D eigenvalue weighted by Crippen LogP contribution is -2.60. The molecule has 1 aliphatic rings. The Morgan fingerprint density at radius 2 is 2.13 bits per heavy atom. The van der Waals surface area contributed by atoms with E-state index in [1.54, 1.807) is 0 Å². The molecule has 1 fully saturated rings. The summed E-state index contributed by atoms with van der Waals surface area (Å²) in [7, 11) is 4.05. The SMILES string of the molecule is CN(C)c1cccc(CC2(O)CNC2)c1. The number of aliphatic hydroxyl groups is 1. The lowest BCUT2D eigenvalue weighted by atomic mass is 9.89. The Labute approximate surface area is 90.7 Å². The van der Waals surface area contributed by atoms with Crippen LogP contribution in [0.2, 0.25) is 0 Å². The molecule has 2 rings (SSSR count). The van der Waals surface area contributed by atoms with Crippen molar-refractivity contribution in [2.75, 3.05) is 32.1 Å². The summed E-state index contributed by atoms with van der Waals surface area (Å²) in [5, 5.41) is 13.1. The summed E-state index contributed by atoms with van der Waals surface area (Å²) in [6.45, 7) is 1.42. The molecule has 0 spiro atoms. The average Bonchev–Trinajstić information content (AvgIpc) is 2.16. The van der Waals surface area contributed by atoms with Gasteiger partial charge in [-0.15, -0.1) is 0 Å². The predicted molar refractivity (Wildman–Crippen MR) is 62.3 cm³/mol. The van der Waals surface area contributed by atoms with Gasteiger partial charge < -0.3 is 15.3 Å². The Bertz CT molecular complexity index is 345. The lowest BCUT2D eigenvalue weighted by Gasteiger charge is -2.37. The average molecular weight is 206 g/mol. The van der Waals surface area contributed by atoms with Gasteiger partial charge >= 0.3 is 0 Å². The number of nitrogens with one attached hydrogen (secondary N) is 1. The summed E-state index contributed by atoms with van der Waals surface area (Å²) >= 11 is 0. The topological polar surface area (TPSA) is 35.5 Å². The zero-order valence-corrected chi connectivity index (χ0v) is 9.33. The number of anilines is 1. The maximum absolute atomic E-state index is 10.0. The van der Waals surface area contributed by atoms with Crippen molar-refractivity contribution in [3.63, 3.8) is 0 Å². The van der Waals surface area contributed by atoms with Crippen molar-refractivity contribution in [2.24, 2.45) is 0 Å². The molecule has 82 valence electrons. The van der Waals surface area contributed by atoms with Crippen molar-refractivity contribution in [3.8, 4) is 0 Å². The summed E-state index contributed by atoms with van der Waals surface area (Å²) in [5.74, 6) is 0. The molecule has 0 amide bonds. The first-order valence-corrected chi connectivity index (χ1v) is 5.28. The number of nitrogens with zero attached hydrogens (tertiary/aromatic N) is 1. The van der Waals surface area contributed by atoms with Crippen LogP contribution in [0.5, 0.6) is 0 Å². The molecule has 2 N–H and O–H groups in total. The maximum Gasteiger partial charge on any atom is 0.0935 e. The first kappa shape index (κ1) is 10.5. The molecular weight excluding hydrogens is 188 g/mol. The van der Waals surface area contributed by atoms with Gasteiger partial charge in [0.1, 0.15) is 0 Å². The van der Waals surface area contributed by atoms with Gasteiger partial charge in [0, 0.05) is 39.3 Å². The predicted octanol–water partition coefficient (Wildman–Crippen LogP) is 0.629. The van der Waals surface area contributed by atoms with Crippen LogP contribution in [0.3, 0.4) is 0 Å². The molecule has 15 heavy (non-hydrogen) atoms. The lowest BCUT2D eigenvalue weighted by molar-refractivity contribution is -0.00900. The second-order valence-corrected chi connectivity index (χ2v) is 4.57. The van der Waals surface area contributed by atoms with Gasteiger partial charge in [-0.25, -0.2) is 0 Å². The third kappa shape index (κ3) is 2.30. The molecule has 0 atom stereocenters. The summed E-state index contributed by atoms with van der Waals surface area (Å²) in [6.07, 6.45) is 0.738. The minimum atomic E-state index is -0.523. The minimum absolute atomic E-state index is 0.523. The number of hydrogen-bond donors (Lipinski definition) is 2. The van der Waals surface area contributed by atoms with Crippen molar-refractivity contribution in [2.45, 2.75) is 12.0 Å². The standard InChI is InChI=1S/C12H18N2O/c1-14(2)11-5-3-4-10(6-11)7-12(15)8-13-9-12/h3-6,13,15H,7-9H2,1-2H3. The molecular formula is C12H18N2O. The number of β-amino-alcohol motifs (C(OH)–C–C–N with tert-alkyl or cyclic N) is 1. The van der Waals surface area contributed by atoms with Gasteiger partial charge in [0.15, 0.2) is 0 Å². The van der Waals surface area contributed by atoms with E-state index in [1.807, 2.05) is 20.2 Å². The Morgan fingerprint density at radius 1 is 1.40 bits per heavy atom. The monoisotopic (exact) mass is 206 g/mol. The summed E-state index contributed by atoms with van der Waals surface area (Å²) < 4.78 is 0. The molecule has 0 radical (unpaired) electrons. The van der Waals surface area contributed by atoms with Crippen LogP contribution in [0.25, 0.3) is 0 Å². The number of rotatable bonds is 3. The van der Waals surface area contributed by atoms with Crippen LogP contribution in [-0.4, -0.2) is 37.9 Å². The molecule has 1 aliphatic heterocycles. The third-order valence-electron chi connectivity index (χ3n) is 2.87.